The lowest BCUT2D eigenvalue weighted by Crippen LogP contribution is -2.41. The zero-order valence-corrected chi connectivity index (χ0v) is 11.0. The molecule has 0 aliphatic carbocycles. The average molecular weight is 248 g/mol. The van der Waals surface area contributed by atoms with Crippen molar-refractivity contribution in [1.82, 2.24) is 0 Å². The van der Waals surface area contributed by atoms with Gasteiger partial charge in [-0.25, -0.2) is 4.79 Å². The molecule has 0 unspecified atom stereocenters. The van der Waals surface area contributed by atoms with Gasteiger partial charge in [0.2, 0.25) is 0 Å². The van der Waals surface area contributed by atoms with E-state index >= 15 is 0 Å². The SMILES string of the molecule is C=C(C)C(=O)OCCCCO[N+](C)(OC)OC. The van der Waals surface area contributed by atoms with Gasteiger partial charge in [0.15, 0.2) is 7.05 Å². The molecule has 0 aromatic carbocycles. The number of nitrogens with zero attached hydrogens (tertiary/aromatic N) is 1. The van der Waals surface area contributed by atoms with Crippen molar-refractivity contribution in [1.29, 1.82) is 0 Å². The van der Waals surface area contributed by atoms with Crippen molar-refractivity contribution in [3.05, 3.63) is 12.2 Å². The molecule has 0 amide bonds. The summed E-state index contributed by atoms with van der Waals surface area (Å²) in [5.74, 6) is -0.361. The van der Waals surface area contributed by atoms with Crippen LogP contribution in [0.1, 0.15) is 19.8 Å². The maximum atomic E-state index is 11.0. The van der Waals surface area contributed by atoms with E-state index in [0.717, 1.165) is 6.42 Å². The topological polar surface area (TPSA) is 54.0 Å². The van der Waals surface area contributed by atoms with Crippen molar-refractivity contribution in [3.63, 3.8) is 0 Å². The molecule has 0 saturated carbocycles. The summed E-state index contributed by atoms with van der Waals surface area (Å²) in [5.41, 5.74) is 0.407. The zero-order chi connectivity index (χ0) is 13.3. The fourth-order valence-electron chi connectivity index (χ4n) is 0.903. The molecule has 0 aromatic rings. The molecule has 6 heteroatoms. The lowest BCUT2D eigenvalue weighted by atomic mass is 10.3. The van der Waals surface area contributed by atoms with Crippen LogP contribution in [0, 0.1) is 0 Å². The van der Waals surface area contributed by atoms with Gasteiger partial charge in [0, 0.05) is 5.57 Å². The first-order chi connectivity index (χ1) is 7.95. The van der Waals surface area contributed by atoms with Gasteiger partial charge in [-0.1, -0.05) is 6.58 Å². The third kappa shape index (κ3) is 7.06. The van der Waals surface area contributed by atoms with Gasteiger partial charge in [0.25, 0.3) is 0 Å². The second kappa shape index (κ2) is 8.19. The quantitative estimate of drug-likeness (QED) is 0.203. The molecule has 0 bridgehead atoms. The third-order valence-corrected chi connectivity index (χ3v) is 2.11. The number of quaternary nitrogens is 1. The van der Waals surface area contributed by atoms with Crippen LogP contribution in [0.2, 0.25) is 0 Å². The summed E-state index contributed by atoms with van der Waals surface area (Å²) in [6, 6.07) is 0. The Hall–Kier alpha value is -0.950. The first-order valence-electron chi connectivity index (χ1n) is 5.40. The van der Waals surface area contributed by atoms with E-state index in [1.54, 1.807) is 14.0 Å². The molecule has 6 nitrogen and oxygen atoms in total. The van der Waals surface area contributed by atoms with E-state index in [0.29, 0.717) is 25.2 Å². The van der Waals surface area contributed by atoms with E-state index in [9.17, 15) is 4.79 Å². The minimum atomic E-state index is -0.369. The van der Waals surface area contributed by atoms with Crippen LogP contribution in [0.3, 0.4) is 0 Å². The van der Waals surface area contributed by atoms with Crippen LogP contribution < -0.4 is 0 Å². The number of unbranched alkanes of at least 4 members (excludes halogenated alkanes) is 1. The molecule has 0 radical (unpaired) electrons. The highest BCUT2D eigenvalue weighted by atomic mass is 17.2. The Morgan fingerprint density at radius 2 is 1.71 bits per heavy atom. The van der Waals surface area contributed by atoms with Crippen molar-refractivity contribution >= 4 is 5.97 Å². The summed E-state index contributed by atoms with van der Waals surface area (Å²) in [5, 5.41) is 0. The van der Waals surface area contributed by atoms with Crippen molar-refractivity contribution < 1.29 is 29.0 Å². The Morgan fingerprint density at radius 3 is 2.18 bits per heavy atom. The lowest BCUT2D eigenvalue weighted by Gasteiger charge is -2.21. The van der Waals surface area contributed by atoms with Crippen LogP contribution in [0.25, 0.3) is 0 Å². The fraction of sp³-hybridized carbons (Fsp3) is 0.727. The molecule has 0 fully saturated rings. The molecule has 0 rings (SSSR count). The first kappa shape index (κ1) is 16.1. The number of ether oxygens (including phenoxy) is 1. The summed E-state index contributed by atoms with van der Waals surface area (Å²) in [6.45, 7) is 5.91. The molecule has 0 atom stereocenters. The van der Waals surface area contributed by atoms with E-state index in [2.05, 4.69) is 6.58 Å². The minimum absolute atomic E-state index is 0.360. The van der Waals surface area contributed by atoms with Gasteiger partial charge in [-0.15, -0.1) is 14.5 Å². The number of esters is 1. The molecule has 100 valence electrons. The highest BCUT2D eigenvalue weighted by Crippen LogP contribution is 2.05. The molecular weight excluding hydrogens is 226 g/mol. The number of carbonyl (C=O) groups excluding carboxylic acids is 1. The van der Waals surface area contributed by atoms with E-state index in [1.165, 1.54) is 14.2 Å². The smallest absolute Gasteiger partial charge is 0.333 e. The van der Waals surface area contributed by atoms with E-state index in [-0.39, 0.29) is 10.9 Å². The molecule has 0 spiro atoms. The van der Waals surface area contributed by atoms with Gasteiger partial charge < -0.3 is 4.74 Å². The second-order valence-corrected chi connectivity index (χ2v) is 3.59. The molecule has 17 heavy (non-hydrogen) atoms. The third-order valence-electron chi connectivity index (χ3n) is 2.11. The Kier molecular flexibility index (Phi) is 7.73. The number of hydrogen-bond donors (Lipinski definition) is 0. The van der Waals surface area contributed by atoms with Gasteiger partial charge in [-0.2, -0.15) is 0 Å². The van der Waals surface area contributed by atoms with Crippen molar-refractivity contribution in [3.8, 4) is 0 Å². The van der Waals surface area contributed by atoms with Gasteiger partial charge in [-0.3, -0.25) is 0 Å². The van der Waals surface area contributed by atoms with Crippen LogP contribution in [0.5, 0.6) is 0 Å². The summed E-state index contributed by atoms with van der Waals surface area (Å²) in [4.78, 5) is 25.9. The average Bonchev–Trinajstić information content (AvgIpc) is 2.32. The molecular formula is C11H22NO5+. The van der Waals surface area contributed by atoms with E-state index < -0.39 is 0 Å². The van der Waals surface area contributed by atoms with E-state index in [4.69, 9.17) is 19.2 Å². The minimum Gasteiger partial charge on any atom is -0.462 e. The lowest BCUT2D eigenvalue weighted by molar-refractivity contribution is -1.35. The van der Waals surface area contributed by atoms with Crippen LogP contribution >= 0.6 is 0 Å². The van der Waals surface area contributed by atoms with Gasteiger partial charge >= 0.3 is 5.97 Å². The number of rotatable bonds is 9. The van der Waals surface area contributed by atoms with E-state index in [1.807, 2.05) is 0 Å². The van der Waals surface area contributed by atoms with Crippen LogP contribution in [0.15, 0.2) is 12.2 Å². The predicted molar refractivity (Wildman–Crippen MR) is 61.2 cm³/mol. The fourth-order valence-corrected chi connectivity index (χ4v) is 0.903. The summed E-state index contributed by atoms with van der Waals surface area (Å²) >= 11 is 0. The molecule has 0 aliphatic rings. The van der Waals surface area contributed by atoms with Gasteiger partial charge in [0.1, 0.15) is 20.8 Å². The van der Waals surface area contributed by atoms with Crippen LogP contribution in [-0.2, 0) is 24.0 Å². The summed E-state index contributed by atoms with van der Waals surface area (Å²) in [7, 11) is 4.59. The summed E-state index contributed by atoms with van der Waals surface area (Å²) < 4.78 is 4.93. The zero-order valence-electron chi connectivity index (χ0n) is 11.0. The Morgan fingerprint density at radius 1 is 1.18 bits per heavy atom. The largest absolute Gasteiger partial charge is 0.462 e. The predicted octanol–water partition coefficient (Wildman–Crippen LogP) is 1.39. The highest BCUT2D eigenvalue weighted by molar-refractivity contribution is 5.86. The van der Waals surface area contributed by atoms with Gasteiger partial charge in [0.05, 0.1) is 11.6 Å². The maximum absolute atomic E-state index is 11.0. The number of hydrogen-bond acceptors (Lipinski definition) is 5. The first-order valence-corrected chi connectivity index (χ1v) is 5.40. The van der Waals surface area contributed by atoms with Crippen LogP contribution in [0.4, 0.5) is 0 Å². The van der Waals surface area contributed by atoms with Gasteiger partial charge in [-0.05, 0) is 19.8 Å². The number of hydroxylamine groups is 3. The van der Waals surface area contributed by atoms with Crippen molar-refractivity contribution in [2.75, 3.05) is 34.5 Å². The Balaban J connectivity index is 3.53. The monoisotopic (exact) mass is 248 g/mol. The molecule has 0 N–H and O–H groups in total. The standard InChI is InChI=1S/C11H22NO5/c1-10(2)11(13)16-8-6-7-9-17-12(3,14-4)15-5/h1,6-9H2,2-5H3/q+1. The van der Waals surface area contributed by atoms with Crippen molar-refractivity contribution in [2.45, 2.75) is 19.8 Å². The molecule has 0 saturated heterocycles. The summed E-state index contributed by atoms with van der Waals surface area (Å²) in [6.07, 6.45) is 1.45. The molecule has 0 aromatic heterocycles. The normalized spacial score (nSPS) is 11.3. The maximum Gasteiger partial charge on any atom is 0.333 e. The molecule has 0 aliphatic heterocycles. The number of carbonyl (C=O) groups is 1. The Bertz CT molecular complexity index is 250. The van der Waals surface area contributed by atoms with Crippen LogP contribution in [-0.4, -0.2) is 45.4 Å². The second-order valence-electron chi connectivity index (χ2n) is 3.59. The van der Waals surface area contributed by atoms with Crippen molar-refractivity contribution in [2.24, 2.45) is 0 Å². The highest BCUT2D eigenvalue weighted by Gasteiger charge is 2.23. The molecule has 0 heterocycles. The Labute approximate surface area is 102 Å².